The molecule has 0 fully saturated rings. The first-order valence-corrected chi connectivity index (χ1v) is 18.4. The summed E-state index contributed by atoms with van der Waals surface area (Å²) in [7, 11) is 0. The van der Waals surface area contributed by atoms with Gasteiger partial charge >= 0.3 is 0 Å². The molecule has 0 radical (unpaired) electrons. The SMILES string of the molecule is c1ccc(-c2nc(-c3ccc(-c4cccc(-c5cccc(-c6cccc(-c7cccc8ccccc78)c6)c5)c4)cc3)nc3ccc4ccccc4c23)cc1. The largest absolute Gasteiger partial charge is 0.228 e. The van der Waals surface area contributed by atoms with Crippen LogP contribution in [-0.4, -0.2) is 9.97 Å². The summed E-state index contributed by atoms with van der Waals surface area (Å²) >= 11 is 0. The minimum atomic E-state index is 0.721. The lowest BCUT2D eigenvalue weighted by Gasteiger charge is -2.12. The van der Waals surface area contributed by atoms with Crippen molar-refractivity contribution in [2.24, 2.45) is 0 Å². The maximum absolute atomic E-state index is 5.21. The number of nitrogens with zero attached hydrogens (tertiary/aromatic N) is 2. The van der Waals surface area contributed by atoms with Gasteiger partial charge in [0.15, 0.2) is 5.82 Å². The molecule has 1 aromatic heterocycles. The number of hydrogen-bond acceptors (Lipinski definition) is 2. The molecule has 0 atom stereocenters. The van der Waals surface area contributed by atoms with E-state index in [4.69, 9.17) is 9.97 Å². The van der Waals surface area contributed by atoms with Gasteiger partial charge in [0.25, 0.3) is 0 Å². The number of fused-ring (bicyclic) bond motifs is 4. The van der Waals surface area contributed by atoms with Crippen molar-refractivity contribution in [1.29, 1.82) is 0 Å². The van der Waals surface area contributed by atoms with Crippen molar-refractivity contribution in [3.63, 3.8) is 0 Å². The van der Waals surface area contributed by atoms with E-state index in [0.717, 1.165) is 44.5 Å². The van der Waals surface area contributed by atoms with Gasteiger partial charge in [0.2, 0.25) is 0 Å². The molecule has 0 unspecified atom stereocenters. The zero-order chi connectivity index (χ0) is 35.8. The second kappa shape index (κ2) is 13.4. The van der Waals surface area contributed by atoms with Crippen LogP contribution in [0.15, 0.2) is 206 Å². The van der Waals surface area contributed by atoms with Crippen LogP contribution in [0.25, 0.3) is 99.6 Å². The monoisotopic (exact) mass is 686 g/mol. The minimum absolute atomic E-state index is 0.721. The molecule has 54 heavy (non-hydrogen) atoms. The third kappa shape index (κ3) is 5.81. The Morgan fingerprint density at radius 1 is 0.278 bits per heavy atom. The first-order valence-electron chi connectivity index (χ1n) is 18.4. The van der Waals surface area contributed by atoms with E-state index in [2.05, 4.69) is 200 Å². The Bertz CT molecular complexity index is 2980. The van der Waals surface area contributed by atoms with E-state index in [9.17, 15) is 0 Å². The summed E-state index contributed by atoms with van der Waals surface area (Å²) in [5.74, 6) is 0.721. The molecule has 9 aromatic carbocycles. The number of aromatic nitrogens is 2. The molecule has 2 heteroatoms. The molecule has 0 saturated heterocycles. The second-order valence-electron chi connectivity index (χ2n) is 13.8. The fourth-order valence-corrected chi connectivity index (χ4v) is 7.75. The molecular formula is C52H34N2. The number of hydrogen-bond donors (Lipinski definition) is 0. The van der Waals surface area contributed by atoms with Crippen LogP contribution < -0.4 is 0 Å². The topological polar surface area (TPSA) is 25.8 Å². The van der Waals surface area contributed by atoms with Crippen molar-refractivity contribution >= 4 is 32.4 Å². The number of benzene rings is 9. The highest BCUT2D eigenvalue weighted by molar-refractivity contribution is 6.12. The van der Waals surface area contributed by atoms with Crippen LogP contribution in [0.5, 0.6) is 0 Å². The fourth-order valence-electron chi connectivity index (χ4n) is 7.75. The van der Waals surface area contributed by atoms with Crippen molar-refractivity contribution < 1.29 is 0 Å². The Morgan fingerprint density at radius 3 is 1.44 bits per heavy atom. The summed E-state index contributed by atoms with van der Waals surface area (Å²) in [5.41, 5.74) is 13.5. The van der Waals surface area contributed by atoms with Gasteiger partial charge in [-0.1, -0.05) is 182 Å². The molecule has 0 aliphatic rings. The summed E-state index contributed by atoms with van der Waals surface area (Å²) in [4.78, 5) is 10.3. The van der Waals surface area contributed by atoms with Crippen LogP contribution >= 0.6 is 0 Å². The van der Waals surface area contributed by atoms with Crippen LogP contribution in [0.1, 0.15) is 0 Å². The van der Waals surface area contributed by atoms with Gasteiger partial charge in [-0.05, 0) is 90.3 Å². The minimum Gasteiger partial charge on any atom is -0.228 e. The van der Waals surface area contributed by atoms with Gasteiger partial charge in [0.1, 0.15) is 0 Å². The van der Waals surface area contributed by atoms with Gasteiger partial charge in [0, 0.05) is 16.5 Å². The van der Waals surface area contributed by atoms with Gasteiger partial charge in [0.05, 0.1) is 11.2 Å². The van der Waals surface area contributed by atoms with Gasteiger partial charge in [-0.15, -0.1) is 0 Å². The van der Waals surface area contributed by atoms with Crippen LogP contribution in [0.3, 0.4) is 0 Å². The van der Waals surface area contributed by atoms with E-state index < -0.39 is 0 Å². The van der Waals surface area contributed by atoms with E-state index in [0.29, 0.717) is 0 Å². The van der Waals surface area contributed by atoms with Crippen LogP contribution in [0, 0.1) is 0 Å². The summed E-state index contributed by atoms with van der Waals surface area (Å²) in [5, 5.41) is 5.95. The molecule has 0 aliphatic carbocycles. The van der Waals surface area contributed by atoms with E-state index in [1.54, 1.807) is 0 Å². The van der Waals surface area contributed by atoms with Crippen molar-refractivity contribution in [1.82, 2.24) is 9.97 Å². The van der Waals surface area contributed by atoms with E-state index in [-0.39, 0.29) is 0 Å². The third-order valence-corrected chi connectivity index (χ3v) is 10.5. The molecule has 0 bridgehead atoms. The Balaban J connectivity index is 0.972. The highest BCUT2D eigenvalue weighted by Gasteiger charge is 2.15. The molecule has 10 rings (SSSR count). The lowest BCUT2D eigenvalue weighted by Crippen LogP contribution is -1.96. The molecule has 0 aliphatic heterocycles. The molecular weight excluding hydrogens is 653 g/mol. The fraction of sp³-hybridized carbons (Fsp3) is 0. The average molecular weight is 687 g/mol. The maximum Gasteiger partial charge on any atom is 0.160 e. The highest BCUT2D eigenvalue weighted by atomic mass is 14.9. The predicted molar refractivity (Wildman–Crippen MR) is 227 cm³/mol. The Hall–Kier alpha value is -7.16. The maximum atomic E-state index is 5.21. The lowest BCUT2D eigenvalue weighted by molar-refractivity contribution is 1.23. The Kier molecular flexibility index (Phi) is 7.85. The zero-order valence-electron chi connectivity index (χ0n) is 29.5. The summed E-state index contributed by atoms with van der Waals surface area (Å²) in [6.45, 7) is 0. The molecule has 0 saturated carbocycles. The Labute approximate surface area is 314 Å². The smallest absolute Gasteiger partial charge is 0.160 e. The first kappa shape index (κ1) is 31.6. The third-order valence-electron chi connectivity index (χ3n) is 10.5. The summed E-state index contributed by atoms with van der Waals surface area (Å²) in [6.07, 6.45) is 0. The van der Waals surface area contributed by atoms with Crippen molar-refractivity contribution in [2.75, 3.05) is 0 Å². The normalized spacial score (nSPS) is 11.3. The van der Waals surface area contributed by atoms with Crippen molar-refractivity contribution in [3.05, 3.63) is 206 Å². The van der Waals surface area contributed by atoms with Crippen molar-refractivity contribution in [2.45, 2.75) is 0 Å². The standard InChI is InChI=1S/C52H34N2/c1-2-14-38(15-3-1)51-50-48-24-7-5-13-37(48)30-31-49(50)53-52(54-51)39-28-26-35(27-29-39)40-17-8-18-41(32-40)42-19-9-20-43(33-42)44-21-10-22-45(34-44)47-25-11-16-36-12-4-6-23-46(36)47/h1-34H. The number of rotatable bonds is 6. The molecule has 1 heterocycles. The Morgan fingerprint density at radius 2 is 0.759 bits per heavy atom. The van der Waals surface area contributed by atoms with Gasteiger partial charge in [-0.3, -0.25) is 0 Å². The second-order valence-corrected chi connectivity index (χ2v) is 13.8. The van der Waals surface area contributed by atoms with Crippen molar-refractivity contribution in [3.8, 4) is 67.2 Å². The molecule has 2 nitrogen and oxygen atoms in total. The van der Waals surface area contributed by atoms with Crippen LogP contribution in [0.2, 0.25) is 0 Å². The predicted octanol–water partition coefficient (Wildman–Crippen LogP) is 13.9. The van der Waals surface area contributed by atoms with Crippen LogP contribution in [0.4, 0.5) is 0 Å². The molecule has 10 aromatic rings. The average Bonchev–Trinajstić information content (AvgIpc) is 3.26. The van der Waals surface area contributed by atoms with Gasteiger partial charge in [-0.25, -0.2) is 9.97 Å². The van der Waals surface area contributed by atoms with E-state index in [1.165, 1.54) is 55.1 Å². The summed E-state index contributed by atoms with van der Waals surface area (Å²) in [6, 6.07) is 73.5. The van der Waals surface area contributed by atoms with E-state index >= 15 is 0 Å². The molecule has 0 amide bonds. The van der Waals surface area contributed by atoms with Gasteiger partial charge < -0.3 is 0 Å². The summed E-state index contributed by atoms with van der Waals surface area (Å²) < 4.78 is 0. The first-order chi connectivity index (χ1) is 26.7. The van der Waals surface area contributed by atoms with E-state index in [1.807, 2.05) is 6.07 Å². The molecule has 0 N–H and O–H groups in total. The quantitative estimate of drug-likeness (QED) is 0.163. The molecule has 0 spiro atoms. The zero-order valence-corrected chi connectivity index (χ0v) is 29.5. The lowest BCUT2D eigenvalue weighted by atomic mass is 9.93. The molecule has 252 valence electrons. The van der Waals surface area contributed by atoms with Crippen LogP contribution in [-0.2, 0) is 0 Å². The van der Waals surface area contributed by atoms with Gasteiger partial charge in [-0.2, -0.15) is 0 Å². The highest BCUT2D eigenvalue weighted by Crippen LogP contribution is 2.36.